The van der Waals surface area contributed by atoms with Crippen molar-refractivity contribution in [2.24, 2.45) is 5.92 Å². The third-order valence-corrected chi connectivity index (χ3v) is 5.22. The largest absolute Gasteiger partial charge is 0.573 e. The molecule has 3 N–H and O–H groups in total. The van der Waals surface area contributed by atoms with Gasteiger partial charge in [0, 0.05) is 6.20 Å². The maximum atomic E-state index is 12.8. The third-order valence-electron chi connectivity index (χ3n) is 5.22. The van der Waals surface area contributed by atoms with Gasteiger partial charge in [-0.3, -0.25) is 4.79 Å². The smallest absolute Gasteiger partial charge is 0.464 e. The normalized spacial score (nSPS) is 18.6. The molecule has 0 unspecified atom stereocenters. The monoisotopic (exact) mass is 480 g/mol. The van der Waals surface area contributed by atoms with Crippen LogP contribution in [0.25, 0.3) is 0 Å². The van der Waals surface area contributed by atoms with Crippen LogP contribution in [0, 0.1) is 5.92 Å². The van der Waals surface area contributed by atoms with E-state index in [9.17, 15) is 27.6 Å². The van der Waals surface area contributed by atoms with Gasteiger partial charge < -0.3 is 20.5 Å². The molecular weight excluding hydrogens is 457 g/mol. The molecule has 1 saturated heterocycles. The predicted octanol–water partition coefficient (Wildman–Crippen LogP) is 2.97. The van der Waals surface area contributed by atoms with E-state index in [-0.39, 0.29) is 18.8 Å². The van der Waals surface area contributed by atoms with Crippen LogP contribution in [0.15, 0.2) is 42.6 Å². The van der Waals surface area contributed by atoms with E-state index in [1.165, 1.54) is 18.3 Å². The molecule has 182 valence electrons. The number of urea groups is 1. The Kier molecular flexibility index (Phi) is 7.28. The van der Waals surface area contributed by atoms with E-state index in [0.29, 0.717) is 11.1 Å². The molecule has 9 nitrogen and oxygen atoms in total. The van der Waals surface area contributed by atoms with E-state index >= 15 is 0 Å². The van der Waals surface area contributed by atoms with Gasteiger partial charge in [-0.15, -0.1) is 13.2 Å². The number of halogens is 3. The zero-order chi connectivity index (χ0) is 25.0. The highest BCUT2D eigenvalue weighted by atomic mass is 19.4. The van der Waals surface area contributed by atoms with Gasteiger partial charge in [-0.25, -0.2) is 19.5 Å². The summed E-state index contributed by atoms with van der Waals surface area (Å²) in [5.41, 5.74) is 6.81. The Morgan fingerprint density at radius 3 is 2.50 bits per heavy atom. The lowest BCUT2D eigenvalue weighted by Gasteiger charge is -2.44. The number of anilines is 1. The van der Waals surface area contributed by atoms with Crippen molar-refractivity contribution in [3.63, 3.8) is 0 Å². The Bertz CT molecular complexity index is 1060. The molecule has 0 bridgehead atoms. The molecule has 0 aliphatic carbocycles. The van der Waals surface area contributed by atoms with Crippen LogP contribution in [-0.2, 0) is 20.7 Å². The highest BCUT2D eigenvalue weighted by molar-refractivity contribution is 6.08. The second kappa shape index (κ2) is 9.98. The molecule has 1 aromatic heterocycles. The van der Waals surface area contributed by atoms with Crippen molar-refractivity contribution in [1.82, 2.24) is 15.2 Å². The molecule has 1 aliphatic heterocycles. The zero-order valence-corrected chi connectivity index (χ0v) is 18.3. The topological polar surface area (TPSA) is 124 Å². The van der Waals surface area contributed by atoms with Crippen molar-refractivity contribution < 1.29 is 37.0 Å². The average Bonchev–Trinajstić information content (AvgIpc) is 2.75. The molecular formula is C22H23F3N4O5. The summed E-state index contributed by atoms with van der Waals surface area (Å²) in [5, 5.41) is 2.58. The first kappa shape index (κ1) is 24.8. The molecule has 2 heterocycles. The maximum absolute atomic E-state index is 12.8. The van der Waals surface area contributed by atoms with Crippen molar-refractivity contribution in [3.05, 3.63) is 53.7 Å². The van der Waals surface area contributed by atoms with Gasteiger partial charge in [-0.2, -0.15) is 0 Å². The number of imide groups is 1. The van der Waals surface area contributed by atoms with E-state index in [4.69, 9.17) is 10.5 Å². The molecule has 12 heteroatoms. The van der Waals surface area contributed by atoms with Crippen LogP contribution in [0.4, 0.5) is 23.8 Å². The lowest BCUT2D eigenvalue weighted by atomic mass is 9.82. The summed E-state index contributed by atoms with van der Waals surface area (Å²) in [7, 11) is 0. The van der Waals surface area contributed by atoms with Crippen LogP contribution in [0.3, 0.4) is 0 Å². The number of aromatic nitrogens is 1. The van der Waals surface area contributed by atoms with Gasteiger partial charge in [-0.1, -0.05) is 12.1 Å². The molecule has 3 rings (SSSR count). The number of rotatable bonds is 7. The summed E-state index contributed by atoms with van der Waals surface area (Å²) in [5.74, 6) is -2.25. The summed E-state index contributed by atoms with van der Waals surface area (Å²) >= 11 is 0. The Hall–Kier alpha value is -3.83. The summed E-state index contributed by atoms with van der Waals surface area (Å²) < 4.78 is 45.9. The SMILES string of the molecule is CCOC(=O)[C@@H]1[C@@H](Cc2ccnc(N)c2)C(=O)N1C(=O)N[C@H](C)c1ccc(OC(F)(F)F)cc1. The number of likely N-dealkylation sites (tertiary alicyclic amines) is 1. The first-order chi connectivity index (χ1) is 16.0. The minimum atomic E-state index is -4.82. The molecule has 34 heavy (non-hydrogen) atoms. The van der Waals surface area contributed by atoms with Crippen LogP contribution in [0.1, 0.15) is 31.0 Å². The van der Waals surface area contributed by atoms with Gasteiger partial charge in [0.15, 0.2) is 6.04 Å². The number of carbonyl (C=O) groups excluding carboxylic acids is 3. The molecule has 2 aromatic rings. The number of benzene rings is 1. The van der Waals surface area contributed by atoms with Crippen LogP contribution in [0.2, 0.25) is 0 Å². The number of hydrogen-bond donors (Lipinski definition) is 2. The molecule has 3 amide bonds. The van der Waals surface area contributed by atoms with Crippen LogP contribution in [0.5, 0.6) is 5.75 Å². The number of nitrogens with two attached hydrogens (primary N) is 1. The van der Waals surface area contributed by atoms with E-state index in [1.807, 2.05) is 0 Å². The Morgan fingerprint density at radius 1 is 1.24 bits per heavy atom. The van der Waals surface area contributed by atoms with Gasteiger partial charge in [-0.05, 0) is 55.7 Å². The molecule has 0 radical (unpaired) electrons. The lowest BCUT2D eigenvalue weighted by Crippen LogP contribution is -2.69. The number of nitrogens with one attached hydrogen (secondary N) is 1. The third kappa shape index (κ3) is 5.74. The fourth-order valence-electron chi connectivity index (χ4n) is 3.64. The quantitative estimate of drug-likeness (QED) is 0.461. The van der Waals surface area contributed by atoms with Gasteiger partial charge in [0.1, 0.15) is 11.6 Å². The molecule has 0 saturated carbocycles. The van der Waals surface area contributed by atoms with E-state index in [2.05, 4.69) is 15.0 Å². The number of ether oxygens (including phenoxy) is 2. The van der Waals surface area contributed by atoms with Crippen molar-refractivity contribution in [2.45, 2.75) is 38.7 Å². The lowest BCUT2D eigenvalue weighted by molar-refractivity contribution is -0.274. The molecule has 1 aliphatic rings. The summed E-state index contributed by atoms with van der Waals surface area (Å²) in [6.45, 7) is 3.25. The maximum Gasteiger partial charge on any atom is 0.573 e. The van der Waals surface area contributed by atoms with Crippen LogP contribution >= 0.6 is 0 Å². The number of carbonyl (C=O) groups is 3. The zero-order valence-electron chi connectivity index (χ0n) is 18.3. The first-order valence-electron chi connectivity index (χ1n) is 10.4. The molecule has 3 atom stereocenters. The predicted molar refractivity (Wildman–Crippen MR) is 113 cm³/mol. The molecule has 0 spiro atoms. The number of β-lactam (4-membered cyclic amide) rings is 1. The van der Waals surface area contributed by atoms with Crippen LogP contribution in [-0.4, -0.2) is 46.8 Å². The second-order valence-corrected chi connectivity index (χ2v) is 7.59. The molecule has 1 fully saturated rings. The summed E-state index contributed by atoms with van der Waals surface area (Å²) in [4.78, 5) is 42.8. The van der Waals surface area contributed by atoms with E-state index < -0.39 is 48.0 Å². The fraction of sp³-hybridized carbons (Fsp3) is 0.364. The second-order valence-electron chi connectivity index (χ2n) is 7.59. The Morgan fingerprint density at radius 2 is 1.91 bits per heavy atom. The number of amides is 3. The van der Waals surface area contributed by atoms with E-state index in [1.54, 1.807) is 26.0 Å². The van der Waals surface area contributed by atoms with Gasteiger partial charge >= 0.3 is 18.4 Å². The number of hydrogen-bond acceptors (Lipinski definition) is 7. The summed E-state index contributed by atoms with van der Waals surface area (Å²) in [6, 6.07) is 5.52. The highest BCUT2D eigenvalue weighted by Gasteiger charge is 2.55. The standard InChI is InChI=1S/C22H23F3N4O5/c1-3-33-20(31)18-16(10-13-8-9-27-17(26)11-13)19(30)29(18)21(32)28-12(2)14-4-6-15(7-5-14)34-22(23,24)25/h4-9,11-12,16,18H,3,10H2,1-2H3,(H2,26,27)(H,28,32)/t12-,16-,18+/m1/s1. The first-order valence-corrected chi connectivity index (χ1v) is 10.4. The van der Waals surface area contributed by atoms with Crippen molar-refractivity contribution in [1.29, 1.82) is 0 Å². The van der Waals surface area contributed by atoms with Crippen LogP contribution < -0.4 is 15.8 Å². The minimum Gasteiger partial charge on any atom is -0.464 e. The van der Waals surface area contributed by atoms with E-state index in [0.717, 1.165) is 17.0 Å². The van der Waals surface area contributed by atoms with Gasteiger partial charge in [0.25, 0.3) is 0 Å². The minimum absolute atomic E-state index is 0.0661. The summed E-state index contributed by atoms with van der Waals surface area (Å²) in [6.07, 6.45) is -3.18. The van der Waals surface area contributed by atoms with Crippen molar-refractivity contribution in [2.75, 3.05) is 12.3 Å². The number of alkyl halides is 3. The van der Waals surface area contributed by atoms with Crippen molar-refractivity contribution >= 4 is 23.7 Å². The van der Waals surface area contributed by atoms with Crippen molar-refractivity contribution in [3.8, 4) is 5.75 Å². The number of nitrogen functional groups attached to an aromatic ring is 1. The highest BCUT2D eigenvalue weighted by Crippen LogP contribution is 2.32. The number of pyridine rings is 1. The average molecular weight is 480 g/mol. The van der Waals surface area contributed by atoms with Gasteiger partial charge in [0.05, 0.1) is 18.6 Å². The fourth-order valence-corrected chi connectivity index (χ4v) is 3.64. The Labute approximate surface area is 193 Å². The number of esters is 1. The molecule has 1 aromatic carbocycles. The number of nitrogens with zero attached hydrogens (tertiary/aromatic N) is 2. The van der Waals surface area contributed by atoms with Gasteiger partial charge in [0.2, 0.25) is 5.91 Å². The Balaban J connectivity index is 1.70.